The zero-order valence-electron chi connectivity index (χ0n) is 11.3. The maximum Gasteiger partial charge on any atom is 0.260 e. The van der Waals surface area contributed by atoms with Crippen molar-refractivity contribution in [1.29, 1.82) is 0 Å². The zero-order valence-corrected chi connectivity index (χ0v) is 11.3. The fourth-order valence-corrected chi connectivity index (χ4v) is 1.86. The summed E-state index contributed by atoms with van der Waals surface area (Å²) in [5, 5.41) is 2.96. The van der Waals surface area contributed by atoms with E-state index >= 15 is 0 Å². The molecule has 18 heavy (non-hydrogen) atoms. The number of amides is 1. The Morgan fingerprint density at radius 2 is 1.94 bits per heavy atom. The molecule has 1 unspecified atom stereocenters. The van der Waals surface area contributed by atoms with Gasteiger partial charge < -0.3 is 10.1 Å². The molecule has 2 rings (SSSR count). The molecule has 3 heteroatoms. The number of hydrogen-bond donors (Lipinski definition) is 1. The predicted molar refractivity (Wildman–Crippen MR) is 71.8 cm³/mol. The van der Waals surface area contributed by atoms with Gasteiger partial charge >= 0.3 is 0 Å². The van der Waals surface area contributed by atoms with Crippen molar-refractivity contribution >= 4 is 5.91 Å². The Bertz CT molecular complexity index is 424. The number of rotatable bonds is 5. The van der Waals surface area contributed by atoms with Gasteiger partial charge in [-0.15, -0.1) is 0 Å². The Balaban J connectivity index is 2.01. The molecule has 1 fully saturated rings. The summed E-state index contributed by atoms with van der Waals surface area (Å²) >= 11 is 0. The van der Waals surface area contributed by atoms with Crippen molar-refractivity contribution in [3.63, 3.8) is 0 Å². The van der Waals surface area contributed by atoms with Crippen LogP contribution >= 0.6 is 0 Å². The average Bonchev–Trinajstić information content (AvgIpc) is 3.13. The monoisotopic (exact) mass is 247 g/mol. The maximum atomic E-state index is 11.8. The summed E-state index contributed by atoms with van der Waals surface area (Å²) in [5.74, 6) is 1.18. The standard InChI is InChI=1S/C15H21NO2/c1-10(2)13-6-4-5-7-14(13)18-11(3)15(17)16-12-8-9-12/h4-7,10-12H,8-9H2,1-3H3,(H,16,17). The van der Waals surface area contributed by atoms with Crippen LogP contribution in [0.25, 0.3) is 0 Å². The van der Waals surface area contributed by atoms with E-state index in [1.807, 2.05) is 24.3 Å². The highest BCUT2D eigenvalue weighted by Crippen LogP contribution is 2.27. The van der Waals surface area contributed by atoms with Crippen molar-refractivity contribution in [3.8, 4) is 5.75 Å². The molecule has 1 saturated carbocycles. The third-order valence-corrected chi connectivity index (χ3v) is 3.14. The molecule has 1 aromatic carbocycles. The second-order valence-electron chi connectivity index (χ2n) is 5.24. The van der Waals surface area contributed by atoms with E-state index in [0.717, 1.165) is 24.2 Å². The first-order valence-corrected chi connectivity index (χ1v) is 6.64. The first-order chi connectivity index (χ1) is 8.58. The maximum absolute atomic E-state index is 11.8. The van der Waals surface area contributed by atoms with E-state index in [1.54, 1.807) is 6.92 Å². The van der Waals surface area contributed by atoms with E-state index < -0.39 is 6.10 Å². The molecule has 1 aliphatic carbocycles. The Labute approximate surface area is 109 Å². The Morgan fingerprint density at radius 1 is 1.28 bits per heavy atom. The van der Waals surface area contributed by atoms with Crippen LogP contribution in [0.2, 0.25) is 0 Å². The molecule has 1 amide bonds. The molecule has 98 valence electrons. The second-order valence-corrected chi connectivity index (χ2v) is 5.24. The van der Waals surface area contributed by atoms with Gasteiger partial charge in [-0.25, -0.2) is 0 Å². The number of carbonyl (C=O) groups excluding carboxylic acids is 1. The van der Waals surface area contributed by atoms with Crippen LogP contribution in [0.5, 0.6) is 5.75 Å². The first kappa shape index (κ1) is 12.9. The average molecular weight is 247 g/mol. The van der Waals surface area contributed by atoms with Gasteiger partial charge in [-0.1, -0.05) is 32.0 Å². The van der Waals surface area contributed by atoms with Gasteiger partial charge in [-0.3, -0.25) is 4.79 Å². The lowest BCUT2D eigenvalue weighted by molar-refractivity contribution is -0.127. The lowest BCUT2D eigenvalue weighted by Crippen LogP contribution is -2.37. The molecule has 3 nitrogen and oxygen atoms in total. The molecule has 0 saturated heterocycles. The quantitative estimate of drug-likeness (QED) is 0.869. The van der Waals surface area contributed by atoms with Crippen LogP contribution in [0.3, 0.4) is 0 Å². The zero-order chi connectivity index (χ0) is 13.1. The molecular weight excluding hydrogens is 226 g/mol. The normalized spacial score (nSPS) is 16.4. The van der Waals surface area contributed by atoms with Crippen LogP contribution in [-0.4, -0.2) is 18.1 Å². The van der Waals surface area contributed by atoms with E-state index in [4.69, 9.17) is 4.74 Å². The highest BCUT2D eigenvalue weighted by Gasteiger charge is 2.26. The molecule has 0 aromatic heterocycles. The molecule has 0 spiro atoms. The summed E-state index contributed by atoms with van der Waals surface area (Å²) in [6, 6.07) is 8.29. The second kappa shape index (κ2) is 5.42. The number of benzene rings is 1. The van der Waals surface area contributed by atoms with Gasteiger partial charge in [0.2, 0.25) is 0 Å². The van der Waals surface area contributed by atoms with Crippen molar-refractivity contribution in [1.82, 2.24) is 5.32 Å². The smallest absolute Gasteiger partial charge is 0.260 e. The Hall–Kier alpha value is -1.51. The summed E-state index contributed by atoms with van der Waals surface area (Å²) in [5.41, 5.74) is 1.14. The van der Waals surface area contributed by atoms with Crippen LogP contribution < -0.4 is 10.1 Å². The molecular formula is C15H21NO2. The minimum absolute atomic E-state index is 0.0175. The molecule has 0 radical (unpaired) electrons. The molecule has 1 atom stereocenters. The lowest BCUT2D eigenvalue weighted by atomic mass is 10.0. The minimum atomic E-state index is -0.439. The summed E-state index contributed by atoms with van der Waals surface area (Å²) in [6.07, 6.45) is 1.76. The van der Waals surface area contributed by atoms with Gasteiger partial charge in [0.1, 0.15) is 5.75 Å². The summed E-state index contributed by atoms with van der Waals surface area (Å²) in [7, 11) is 0. The molecule has 0 heterocycles. The number of nitrogens with one attached hydrogen (secondary N) is 1. The number of ether oxygens (including phenoxy) is 1. The van der Waals surface area contributed by atoms with E-state index in [0.29, 0.717) is 12.0 Å². The number of carbonyl (C=O) groups is 1. The minimum Gasteiger partial charge on any atom is -0.481 e. The Morgan fingerprint density at radius 3 is 2.56 bits per heavy atom. The van der Waals surface area contributed by atoms with Gasteiger partial charge in [0.05, 0.1) is 0 Å². The van der Waals surface area contributed by atoms with E-state index in [2.05, 4.69) is 19.2 Å². The lowest BCUT2D eigenvalue weighted by Gasteiger charge is -2.18. The van der Waals surface area contributed by atoms with Crippen molar-refractivity contribution in [2.45, 2.75) is 51.7 Å². The van der Waals surface area contributed by atoms with Gasteiger partial charge in [0, 0.05) is 6.04 Å². The largest absolute Gasteiger partial charge is 0.481 e. The fraction of sp³-hybridized carbons (Fsp3) is 0.533. The SMILES string of the molecule is CC(Oc1ccccc1C(C)C)C(=O)NC1CC1. The third kappa shape index (κ3) is 3.25. The van der Waals surface area contributed by atoms with E-state index in [1.165, 1.54) is 0 Å². The molecule has 1 aliphatic rings. The van der Waals surface area contributed by atoms with Crippen molar-refractivity contribution < 1.29 is 9.53 Å². The van der Waals surface area contributed by atoms with Gasteiger partial charge in [-0.2, -0.15) is 0 Å². The van der Waals surface area contributed by atoms with Crippen LogP contribution in [0.15, 0.2) is 24.3 Å². The van der Waals surface area contributed by atoms with Crippen LogP contribution in [0, 0.1) is 0 Å². The van der Waals surface area contributed by atoms with Gasteiger partial charge in [0.25, 0.3) is 5.91 Å². The molecule has 1 N–H and O–H groups in total. The summed E-state index contributed by atoms with van der Waals surface area (Å²) < 4.78 is 5.79. The highest BCUT2D eigenvalue weighted by molar-refractivity contribution is 5.81. The summed E-state index contributed by atoms with van der Waals surface area (Å²) in [4.78, 5) is 11.8. The van der Waals surface area contributed by atoms with Gasteiger partial charge in [0.15, 0.2) is 6.10 Å². The third-order valence-electron chi connectivity index (χ3n) is 3.14. The van der Waals surface area contributed by atoms with Crippen molar-refractivity contribution in [3.05, 3.63) is 29.8 Å². The molecule has 0 aliphatic heterocycles. The summed E-state index contributed by atoms with van der Waals surface area (Å²) in [6.45, 7) is 6.04. The highest BCUT2D eigenvalue weighted by atomic mass is 16.5. The van der Waals surface area contributed by atoms with Crippen LogP contribution in [0.4, 0.5) is 0 Å². The van der Waals surface area contributed by atoms with Gasteiger partial charge in [-0.05, 0) is 37.3 Å². The molecule has 0 bridgehead atoms. The fourth-order valence-electron chi connectivity index (χ4n) is 1.86. The number of para-hydroxylation sites is 1. The van der Waals surface area contributed by atoms with Crippen molar-refractivity contribution in [2.75, 3.05) is 0 Å². The van der Waals surface area contributed by atoms with E-state index in [-0.39, 0.29) is 5.91 Å². The topological polar surface area (TPSA) is 38.3 Å². The predicted octanol–water partition coefficient (Wildman–Crippen LogP) is 2.86. The van der Waals surface area contributed by atoms with Crippen LogP contribution in [0.1, 0.15) is 45.1 Å². The first-order valence-electron chi connectivity index (χ1n) is 6.64. The van der Waals surface area contributed by atoms with Crippen LogP contribution in [-0.2, 0) is 4.79 Å². The van der Waals surface area contributed by atoms with E-state index in [9.17, 15) is 4.79 Å². The van der Waals surface area contributed by atoms with Crippen molar-refractivity contribution in [2.24, 2.45) is 0 Å². The number of hydrogen-bond acceptors (Lipinski definition) is 2. The molecule has 1 aromatic rings. The Kier molecular flexibility index (Phi) is 3.90.